The molecule has 1 aliphatic heterocycles. The second-order valence-corrected chi connectivity index (χ2v) is 5.80. The Hall–Kier alpha value is -1.88. The summed E-state index contributed by atoms with van der Waals surface area (Å²) >= 11 is 0. The Morgan fingerprint density at radius 1 is 1.36 bits per heavy atom. The quantitative estimate of drug-likeness (QED) is 0.832. The predicted octanol–water partition coefficient (Wildman–Crippen LogP) is 1.77. The molecule has 3 N–H and O–H groups in total. The lowest BCUT2D eigenvalue weighted by molar-refractivity contribution is -0.144. The van der Waals surface area contributed by atoms with E-state index in [9.17, 15) is 9.59 Å². The zero-order valence-electron chi connectivity index (χ0n) is 13.2. The van der Waals surface area contributed by atoms with E-state index in [1.807, 2.05) is 31.2 Å². The molecular formula is C17H25N3O2. The van der Waals surface area contributed by atoms with E-state index in [-0.39, 0.29) is 0 Å². The van der Waals surface area contributed by atoms with Gasteiger partial charge in [0.2, 0.25) is 0 Å². The van der Waals surface area contributed by atoms with Crippen LogP contribution in [0.5, 0.6) is 0 Å². The highest BCUT2D eigenvalue weighted by Gasteiger charge is 2.27. The lowest BCUT2D eigenvalue weighted by Gasteiger charge is -2.32. The highest BCUT2D eigenvalue weighted by molar-refractivity contribution is 6.39. The van der Waals surface area contributed by atoms with Gasteiger partial charge in [-0.1, -0.05) is 25.1 Å². The van der Waals surface area contributed by atoms with Gasteiger partial charge in [0, 0.05) is 18.8 Å². The molecule has 1 fully saturated rings. The van der Waals surface area contributed by atoms with Gasteiger partial charge in [-0.25, -0.2) is 0 Å². The normalized spacial score (nSPS) is 18.1. The van der Waals surface area contributed by atoms with Crippen molar-refractivity contribution in [2.75, 3.05) is 25.0 Å². The van der Waals surface area contributed by atoms with E-state index in [0.717, 1.165) is 36.9 Å². The molecule has 1 saturated heterocycles. The first-order chi connectivity index (χ1) is 10.7. The first-order valence-corrected chi connectivity index (χ1v) is 8.04. The summed E-state index contributed by atoms with van der Waals surface area (Å²) in [6, 6.07) is 7.57. The largest absolute Gasteiger partial charge is 0.334 e. The number of nitrogens with one attached hydrogen (secondary N) is 1. The number of nitrogens with zero attached hydrogens (tertiary/aromatic N) is 1. The number of piperidine rings is 1. The van der Waals surface area contributed by atoms with E-state index < -0.39 is 11.8 Å². The molecule has 5 heteroatoms. The molecule has 120 valence electrons. The van der Waals surface area contributed by atoms with Crippen LogP contribution in [0, 0.1) is 5.92 Å². The standard InChI is InChI=1S/C17H25N3O2/c1-2-14-7-3-4-8-15(14)19-16(21)17(22)20-11-5-6-13(12-20)9-10-18/h3-4,7-8,13H,2,5-6,9-12,18H2,1H3,(H,19,21). The van der Waals surface area contributed by atoms with Crippen molar-refractivity contribution in [1.82, 2.24) is 4.90 Å². The number of likely N-dealkylation sites (tertiary alicyclic amines) is 1. The van der Waals surface area contributed by atoms with E-state index in [0.29, 0.717) is 25.6 Å². The molecule has 2 rings (SSSR count). The fraction of sp³-hybridized carbons (Fsp3) is 0.529. The summed E-state index contributed by atoms with van der Waals surface area (Å²) in [5.74, 6) is -0.569. The van der Waals surface area contributed by atoms with Gasteiger partial charge in [0.05, 0.1) is 0 Å². The first-order valence-electron chi connectivity index (χ1n) is 8.04. The third kappa shape index (κ3) is 4.07. The number of carbonyl (C=O) groups is 2. The van der Waals surface area contributed by atoms with Gasteiger partial charge in [-0.2, -0.15) is 0 Å². The summed E-state index contributed by atoms with van der Waals surface area (Å²) in [5, 5.41) is 2.75. The Morgan fingerprint density at radius 2 is 2.14 bits per heavy atom. The minimum Gasteiger partial charge on any atom is -0.334 e. The van der Waals surface area contributed by atoms with Crippen molar-refractivity contribution in [2.24, 2.45) is 11.7 Å². The second kappa shape index (κ2) is 7.94. The number of hydrogen-bond donors (Lipinski definition) is 2. The van der Waals surface area contributed by atoms with Crippen molar-refractivity contribution in [1.29, 1.82) is 0 Å². The van der Waals surface area contributed by atoms with Crippen LogP contribution >= 0.6 is 0 Å². The molecule has 1 aromatic rings. The number of carbonyl (C=O) groups excluding carboxylic acids is 2. The lowest BCUT2D eigenvalue weighted by atomic mass is 9.95. The highest BCUT2D eigenvalue weighted by Crippen LogP contribution is 2.20. The van der Waals surface area contributed by atoms with Gasteiger partial charge in [0.25, 0.3) is 0 Å². The highest BCUT2D eigenvalue weighted by atomic mass is 16.2. The molecule has 5 nitrogen and oxygen atoms in total. The van der Waals surface area contributed by atoms with Crippen LogP contribution in [0.1, 0.15) is 31.7 Å². The molecule has 1 aliphatic rings. The number of hydrogen-bond acceptors (Lipinski definition) is 3. The summed E-state index contributed by atoms with van der Waals surface area (Å²) < 4.78 is 0. The monoisotopic (exact) mass is 303 g/mol. The second-order valence-electron chi connectivity index (χ2n) is 5.80. The Labute approximate surface area is 131 Å². The lowest BCUT2D eigenvalue weighted by Crippen LogP contribution is -2.45. The van der Waals surface area contributed by atoms with Crippen LogP contribution in [0.25, 0.3) is 0 Å². The zero-order valence-corrected chi connectivity index (χ0v) is 13.2. The van der Waals surface area contributed by atoms with Crippen LogP contribution < -0.4 is 11.1 Å². The molecule has 0 radical (unpaired) electrons. The average molecular weight is 303 g/mol. The topological polar surface area (TPSA) is 75.4 Å². The van der Waals surface area contributed by atoms with Crippen LogP contribution in [0.3, 0.4) is 0 Å². The van der Waals surface area contributed by atoms with Crippen molar-refractivity contribution in [3.63, 3.8) is 0 Å². The van der Waals surface area contributed by atoms with Crippen molar-refractivity contribution in [3.8, 4) is 0 Å². The molecule has 1 heterocycles. The molecule has 2 amide bonds. The number of amides is 2. The molecule has 1 aromatic carbocycles. The molecular weight excluding hydrogens is 278 g/mol. The minimum absolute atomic E-state index is 0.415. The first kappa shape index (κ1) is 16.5. The molecule has 1 atom stereocenters. The van der Waals surface area contributed by atoms with Crippen LogP contribution in [0.2, 0.25) is 0 Å². The van der Waals surface area contributed by atoms with Gasteiger partial charge in [-0.3, -0.25) is 9.59 Å². The van der Waals surface area contributed by atoms with Crippen molar-refractivity contribution >= 4 is 17.5 Å². The van der Waals surface area contributed by atoms with E-state index in [1.165, 1.54) is 0 Å². The number of anilines is 1. The number of benzene rings is 1. The Morgan fingerprint density at radius 3 is 2.86 bits per heavy atom. The molecule has 1 unspecified atom stereocenters. The fourth-order valence-electron chi connectivity index (χ4n) is 2.99. The van der Waals surface area contributed by atoms with Gasteiger partial charge in [0.1, 0.15) is 0 Å². The van der Waals surface area contributed by atoms with E-state index in [2.05, 4.69) is 5.32 Å². The molecule has 0 bridgehead atoms. The summed E-state index contributed by atoms with van der Waals surface area (Å²) in [6.07, 6.45) is 3.74. The molecule has 0 spiro atoms. The smallest absolute Gasteiger partial charge is 0.313 e. The number of para-hydroxylation sites is 1. The maximum atomic E-state index is 12.3. The van der Waals surface area contributed by atoms with Gasteiger partial charge in [-0.05, 0) is 49.8 Å². The zero-order chi connectivity index (χ0) is 15.9. The van der Waals surface area contributed by atoms with E-state index in [1.54, 1.807) is 4.90 Å². The Kier molecular flexibility index (Phi) is 5.95. The summed E-state index contributed by atoms with van der Waals surface area (Å²) in [7, 11) is 0. The van der Waals surface area contributed by atoms with Crippen molar-refractivity contribution in [3.05, 3.63) is 29.8 Å². The van der Waals surface area contributed by atoms with Gasteiger partial charge in [-0.15, -0.1) is 0 Å². The number of nitrogens with two attached hydrogens (primary N) is 1. The summed E-state index contributed by atoms with van der Waals surface area (Å²) in [5.41, 5.74) is 7.34. The summed E-state index contributed by atoms with van der Waals surface area (Å²) in [4.78, 5) is 26.2. The van der Waals surface area contributed by atoms with Crippen LogP contribution in [-0.4, -0.2) is 36.3 Å². The minimum atomic E-state index is -0.547. The van der Waals surface area contributed by atoms with Gasteiger partial charge in [0.15, 0.2) is 0 Å². The van der Waals surface area contributed by atoms with E-state index in [4.69, 9.17) is 5.73 Å². The SMILES string of the molecule is CCc1ccccc1NC(=O)C(=O)N1CCCC(CCN)C1. The third-order valence-corrected chi connectivity index (χ3v) is 4.22. The molecule has 0 saturated carbocycles. The summed E-state index contributed by atoms with van der Waals surface area (Å²) in [6.45, 7) is 3.94. The predicted molar refractivity (Wildman–Crippen MR) is 87.4 cm³/mol. The van der Waals surface area contributed by atoms with Crippen LogP contribution in [0.15, 0.2) is 24.3 Å². The average Bonchev–Trinajstić information content (AvgIpc) is 2.55. The Bertz CT molecular complexity index is 528. The number of aryl methyl sites for hydroxylation is 1. The van der Waals surface area contributed by atoms with Crippen LogP contribution in [0.4, 0.5) is 5.69 Å². The maximum Gasteiger partial charge on any atom is 0.313 e. The van der Waals surface area contributed by atoms with E-state index >= 15 is 0 Å². The Balaban J connectivity index is 1.98. The third-order valence-electron chi connectivity index (χ3n) is 4.22. The molecule has 22 heavy (non-hydrogen) atoms. The fourth-order valence-corrected chi connectivity index (χ4v) is 2.99. The van der Waals surface area contributed by atoms with Crippen molar-refractivity contribution < 1.29 is 9.59 Å². The number of rotatable bonds is 4. The van der Waals surface area contributed by atoms with Crippen LogP contribution in [-0.2, 0) is 16.0 Å². The van der Waals surface area contributed by atoms with Gasteiger partial charge < -0.3 is 16.0 Å². The molecule has 0 aliphatic carbocycles. The van der Waals surface area contributed by atoms with Crippen molar-refractivity contribution in [2.45, 2.75) is 32.6 Å². The maximum absolute atomic E-state index is 12.3. The van der Waals surface area contributed by atoms with Gasteiger partial charge >= 0.3 is 11.8 Å². The molecule has 0 aromatic heterocycles.